The molecule has 1 amide bonds. The van der Waals surface area contributed by atoms with Crippen molar-refractivity contribution in [3.8, 4) is 11.7 Å². The third-order valence-electron chi connectivity index (χ3n) is 6.28. The minimum Gasteiger partial charge on any atom is -0.442 e. The first-order chi connectivity index (χ1) is 15.6. The van der Waals surface area contributed by atoms with Gasteiger partial charge in [-0.2, -0.15) is 0 Å². The van der Waals surface area contributed by atoms with Gasteiger partial charge in [0, 0.05) is 25.5 Å². The standard InChI is InChI=1S/C24H32N6O2/c1-5-10-20(29-15-13-25-22(29)23-26-14-16-32-23)27-21-18(6-2)28(4)24(31)19(7-3)30(21)17-11-8-9-12-17/h6,10,13-17,19H,5,7-9,11-12H2,1-4H3. The number of nitrogens with zero attached hydrogens (tertiary/aromatic N) is 6. The Morgan fingerprint density at radius 3 is 2.66 bits per heavy atom. The molecule has 1 aliphatic carbocycles. The molecule has 32 heavy (non-hydrogen) atoms. The maximum absolute atomic E-state index is 13.2. The molecule has 4 rings (SSSR count). The SMILES string of the molecule is CC=C1C(=NC(=CCC)n2ccnc2-c2ncco2)N(C2CCCC2)C(CC)C(=O)N1C. The first-order valence-electron chi connectivity index (χ1n) is 11.6. The van der Waals surface area contributed by atoms with Gasteiger partial charge in [-0.1, -0.05) is 32.8 Å². The Morgan fingerprint density at radius 2 is 2.03 bits per heavy atom. The number of rotatable bonds is 6. The maximum Gasteiger partial charge on any atom is 0.263 e. The minimum atomic E-state index is -0.206. The number of likely N-dealkylation sites (N-methyl/N-ethyl adjacent to an activating group) is 1. The van der Waals surface area contributed by atoms with Crippen molar-refractivity contribution < 1.29 is 9.21 Å². The molecule has 0 bridgehead atoms. The van der Waals surface area contributed by atoms with Gasteiger partial charge in [0.25, 0.3) is 5.89 Å². The number of piperazine rings is 1. The number of aliphatic imine (C=N–C) groups is 1. The summed E-state index contributed by atoms with van der Waals surface area (Å²) in [5.41, 5.74) is 0.839. The predicted molar refractivity (Wildman–Crippen MR) is 124 cm³/mol. The monoisotopic (exact) mass is 436 g/mol. The second kappa shape index (κ2) is 9.54. The summed E-state index contributed by atoms with van der Waals surface area (Å²) in [5.74, 6) is 2.77. The molecule has 3 heterocycles. The van der Waals surface area contributed by atoms with Crippen LogP contribution in [0, 0.1) is 0 Å². The summed E-state index contributed by atoms with van der Waals surface area (Å²) in [7, 11) is 1.85. The molecule has 8 nitrogen and oxygen atoms in total. The van der Waals surface area contributed by atoms with Crippen LogP contribution in [0.15, 0.2) is 52.1 Å². The van der Waals surface area contributed by atoms with E-state index in [1.165, 1.54) is 19.1 Å². The highest BCUT2D eigenvalue weighted by molar-refractivity contribution is 6.08. The lowest BCUT2D eigenvalue weighted by Gasteiger charge is -2.45. The van der Waals surface area contributed by atoms with Gasteiger partial charge in [0.15, 0.2) is 5.84 Å². The predicted octanol–water partition coefficient (Wildman–Crippen LogP) is 4.54. The highest BCUT2D eigenvalue weighted by atomic mass is 16.3. The number of amides is 1. The van der Waals surface area contributed by atoms with Crippen LogP contribution in [0.5, 0.6) is 0 Å². The van der Waals surface area contributed by atoms with Gasteiger partial charge < -0.3 is 14.2 Å². The summed E-state index contributed by atoms with van der Waals surface area (Å²) >= 11 is 0. The molecule has 1 atom stereocenters. The quantitative estimate of drug-likeness (QED) is 0.664. The van der Waals surface area contributed by atoms with Gasteiger partial charge in [-0.15, -0.1) is 0 Å². The lowest BCUT2D eigenvalue weighted by Crippen LogP contribution is -2.60. The first-order valence-corrected chi connectivity index (χ1v) is 11.6. The number of allylic oxidation sites excluding steroid dienone is 2. The van der Waals surface area contributed by atoms with Crippen molar-refractivity contribution in [2.45, 2.75) is 71.4 Å². The van der Waals surface area contributed by atoms with Crippen LogP contribution in [0.3, 0.4) is 0 Å². The molecule has 2 fully saturated rings. The molecule has 0 radical (unpaired) electrons. The van der Waals surface area contributed by atoms with Crippen LogP contribution in [0.1, 0.15) is 59.3 Å². The number of carbonyl (C=O) groups excluding carboxylic acids is 1. The van der Waals surface area contributed by atoms with Crippen molar-refractivity contribution in [3.05, 3.63) is 42.7 Å². The van der Waals surface area contributed by atoms with Crippen molar-refractivity contribution in [3.63, 3.8) is 0 Å². The van der Waals surface area contributed by atoms with Crippen LogP contribution < -0.4 is 0 Å². The molecule has 0 N–H and O–H groups in total. The van der Waals surface area contributed by atoms with E-state index < -0.39 is 0 Å². The average molecular weight is 437 g/mol. The molecule has 1 saturated heterocycles. The van der Waals surface area contributed by atoms with Crippen LogP contribution in [0.2, 0.25) is 0 Å². The van der Waals surface area contributed by atoms with E-state index in [9.17, 15) is 4.79 Å². The van der Waals surface area contributed by atoms with Crippen LogP contribution in [0.25, 0.3) is 17.5 Å². The van der Waals surface area contributed by atoms with E-state index in [-0.39, 0.29) is 11.9 Å². The number of oxazole rings is 1. The van der Waals surface area contributed by atoms with Crippen molar-refractivity contribution in [1.82, 2.24) is 24.3 Å². The Kier molecular flexibility index (Phi) is 6.58. The molecule has 0 spiro atoms. The van der Waals surface area contributed by atoms with Crippen molar-refractivity contribution >= 4 is 17.6 Å². The van der Waals surface area contributed by atoms with E-state index in [2.05, 4.69) is 34.8 Å². The molecule has 8 heteroatoms. The summed E-state index contributed by atoms with van der Waals surface area (Å²) in [5, 5.41) is 0. The van der Waals surface area contributed by atoms with Crippen LogP contribution in [0.4, 0.5) is 0 Å². The molecular formula is C24H32N6O2. The normalized spacial score (nSPS) is 23.2. The van der Waals surface area contributed by atoms with Gasteiger partial charge in [0.05, 0.1) is 11.9 Å². The molecule has 1 aliphatic heterocycles. The summed E-state index contributed by atoms with van der Waals surface area (Å²) in [4.78, 5) is 31.2. The van der Waals surface area contributed by atoms with E-state index in [4.69, 9.17) is 9.41 Å². The lowest BCUT2D eigenvalue weighted by molar-refractivity contribution is -0.134. The van der Waals surface area contributed by atoms with Crippen LogP contribution in [-0.2, 0) is 4.79 Å². The Hall–Kier alpha value is -3.16. The van der Waals surface area contributed by atoms with Gasteiger partial charge in [-0.3, -0.25) is 9.36 Å². The molecule has 2 aliphatic rings. The zero-order valence-electron chi connectivity index (χ0n) is 19.4. The zero-order valence-corrected chi connectivity index (χ0v) is 19.4. The third-order valence-corrected chi connectivity index (χ3v) is 6.28. The fraction of sp³-hybridized carbons (Fsp3) is 0.500. The van der Waals surface area contributed by atoms with Crippen molar-refractivity contribution in [2.24, 2.45) is 4.99 Å². The molecular weight excluding hydrogens is 404 g/mol. The van der Waals surface area contributed by atoms with Gasteiger partial charge in [-0.25, -0.2) is 15.0 Å². The maximum atomic E-state index is 13.2. The second-order valence-corrected chi connectivity index (χ2v) is 8.20. The summed E-state index contributed by atoms with van der Waals surface area (Å²) < 4.78 is 7.40. The molecule has 2 aromatic heterocycles. The highest BCUT2D eigenvalue weighted by Gasteiger charge is 2.42. The molecule has 2 aromatic rings. The Morgan fingerprint density at radius 1 is 1.25 bits per heavy atom. The van der Waals surface area contributed by atoms with Gasteiger partial charge in [-0.05, 0) is 38.7 Å². The summed E-state index contributed by atoms with van der Waals surface area (Å²) in [6.07, 6.45) is 16.9. The third kappa shape index (κ3) is 3.89. The summed E-state index contributed by atoms with van der Waals surface area (Å²) in [6.45, 7) is 6.13. The second-order valence-electron chi connectivity index (χ2n) is 8.20. The van der Waals surface area contributed by atoms with Gasteiger partial charge in [0.1, 0.15) is 18.1 Å². The van der Waals surface area contributed by atoms with Crippen LogP contribution >= 0.6 is 0 Å². The fourth-order valence-corrected chi connectivity index (χ4v) is 4.78. The largest absolute Gasteiger partial charge is 0.442 e. The average Bonchev–Trinajstić information content (AvgIpc) is 3.57. The Labute approximate surface area is 189 Å². The molecule has 170 valence electrons. The molecule has 1 unspecified atom stereocenters. The summed E-state index contributed by atoms with van der Waals surface area (Å²) in [6, 6.07) is 0.116. The van der Waals surface area contributed by atoms with E-state index >= 15 is 0 Å². The number of amidine groups is 1. The Bertz CT molecular complexity index is 1030. The fourth-order valence-electron chi connectivity index (χ4n) is 4.78. The number of hydrogen-bond donors (Lipinski definition) is 0. The first kappa shape index (κ1) is 22.0. The number of imidazole rings is 1. The van der Waals surface area contributed by atoms with Gasteiger partial charge in [0.2, 0.25) is 11.7 Å². The van der Waals surface area contributed by atoms with E-state index in [1.54, 1.807) is 17.3 Å². The molecule has 1 saturated carbocycles. The minimum absolute atomic E-state index is 0.135. The lowest BCUT2D eigenvalue weighted by atomic mass is 10.0. The smallest absolute Gasteiger partial charge is 0.263 e. The topological polar surface area (TPSA) is 79.8 Å². The number of aromatic nitrogens is 3. The molecule has 0 aromatic carbocycles. The number of carbonyl (C=O) groups is 1. The Balaban J connectivity index is 1.86. The van der Waals surface area contributed by atoms with Crippen molar-refractivity contribution in [2.75, 3.05) is 7.05 Å². The van der Waals surface area contributed by atoms with E-state index in [1.807, 2.05) is 30.8 Å². The van der Waals surface area contributed by atoms with E-state index in [0.29, 0.717) is 17.8 Å². The zero-order chi connectivity index (χ0) is 22.7. The van der Waals surface area contributed by atoms with Crippen molar-refractivity contribution in [1.29, 1.82) is 0 Å². The van der Waals surface area contributed by atoms with E-state index in [0.717, 1.165) is 43.0 Å². The highest BCUT2D eigenvalue weighted by Crippen LogP contribution is 2.33. The van der Waals surface area contributed by atoms with Gasteiger partial charge >= 0.3 is 0 Å². The van der Waals surface area contributed by atoms with Crippen LogP contribution in [-0.4, -0.2) is 55.2 Å². The number of hydrogen-bond acceptors (Lipinski definition) is 5.